The van der Waals surface area contributed by atoms with Gasteiger partial charge < -0.3 is 5.73 Å². The molecule has 1 aromatic carbocycles. The van der Waals surface area contributed by atoms with Crippen LogP contribution in [0.2, 0.25) is 0 Å². The van der Waals surface area contributed by atoms with Gasteiger partial charge in [-0.15, -0.1) is 0 Å². The molecule has 0 aliphatic carbocycles. The molecule has 4 heteroatoms. The first-order valence-corrected chi connectivity index (χ1v) is 7.20. The molecule has 0 aromatic heterocycles. The molecule has 116 valence electrons. The van der Waals surface area contributed by atoms with Gasteiger partial charge in [0.2, 0.25) is 0 Å². The summed E-state index contributed by atoms with van der Waals surface area (Å²) in [5.41, 5.74) is 7.06. The topological polar surface area (TPSA) is 26.0 Å². The fraction of sp³-hybridized carbons (Fsp3) is 0.625. The Labute approximate surface area is 120 Å². The second-order valence-corrected chi connectivity index (χ2v) is 4.92. The quantitative estimate of drug-likeness (QED) is 0.819. The highest BCUT2D eigenvalue weighted by Crippen LogP contribution is 2.31. The summed E-state index contributed by atoms with van der Waals surface area (Å²) in [5.74, 6) is -1.02. The lowest BCUT2D eigenvalue weighted by Gasteiger charge is -2.20. The largest absolute Gasteiger partial charge is 0.392 e. The van der Waals surface area contributed by atoms with E-state index in [-0.39, 0.29) is 19.4 Å². The summed E-state index contributed by atoms with van der Waals surface area (Å²) in [5, 5.41) is 0. The maximum absolute atomic E-state index is 12.8. The van der Waals surface area contributed by atoms with E-state index < -0.39 is 12.1 Å². The third-order valence-corrected chi connectivity index (χ3v) is 3.08. The summed E-state index contributed by atoms with van der Waals surface area (Å²) in [7, 11) is 0. The Kier molecular flexibility index (Phi) is 8.54. The van der Waals surface area contributed by atoms with Crippen LogP contribution in [-0.2, 0) is 6.42 Å². The fourth-order valence-corrected chi connectivity index (χ4v) is 1.95. The van der Waals surface area contributed by atoms with Crippen molar-refractivity contribution in [1.29, 1.82) is 0 Å². The first-order valence-electron chi connectivity index (χ1n) is 7.20. The summed E-state index contributed by atoms with van der Waals surface area (Å²) in [4.78, 5) is 0. The standard InChI is InChI=1S/C14H20F3N.C2H6/c1-10(2)12-5-3-4-11(8-12)9-13(6-7-18)14(15,16)17;1-2/h3-5,8,10,13H,6-7,9,18H2,1-2H3;1-2H3. The Bertz CT molecular complexity index is 372. The smallest absolute Gasteiger partial charge is 0.330 e. The van der Waals surface area contributed by atoms with Crippen molar-refractivity contribution in [2.24, 2.45) is 11.7 Å². The van der Waals surface area contributed by atoms with E-state index in [0.29, 0.717) is 5.92 Å². The van der Waals surface area contributed by atoms with E-state index in [4.69, 9.17) is 5.73 Å². The molecule has 0 fully saturated rings. The van der Waals surface area contributed by atoms with E-state index in [2.05, 4.69) is 0 Å². The number of nitrogens with two attached hydrogens (primary N) is 1. The van der Waals surface area contributed by atoms with Crippen LogP contribution in [0.3, 0.4) is 0 Å². The van der Waals surface area contributed by atoms with Crippen molar-refractivity contribution in [2.75, 3.05) is 6.54 Å². The Morgan fingerprint density at radius 2 is 1.75 bits per heavy atom. The van der Waals surface area contributed by atoms with Gasteiger partial charge in [0.15, 0.2) is 0 Å². The van der Waals surface area contributed by atoms with Crippen LogP contribution < -0.4 is 5.73 Å². The molecule has 0 saturated carbocycles. The molecular formula is C16H26F3N. The molecule has 0 aliphatic heterocycles. The molecule has 20 heavy (non-hydrogen) atoms. The zero-order valence-corrected chi connectivity index (χ0v) is 12.8. The van der Waals surface area contributed by atoms with E-state index >= 15 is 0 Å². The van der Waals surface area contributed by atoms with Crippen LogP contribution in [0.4, 0.5) is 13.2 Å². The lowest BCUT2D eigenvalue weighted by Crippen LogP contribution is -2.27. The molecule has 2 N–H and O–H groups in total. The van der Waals surface area contributed by atoms with E-state index in [0.717, 1.165) is 11.1 Å². The summed E-state index contributed by atoms with van der Waals surface area (Å²) >= 11 is 0. The van der Waals surface area contributed by atoms with Gasteiger partial charge in [0, 0.05) is 0 Å². The van der Waals surface area contributed by atoms with Crippen molar-refractivity contribution in [2.45, 2.75) is 52.6 Å². The Balaban J connectivity index is 0.00000172. The van der Waals surface area contributed by atoms with Gasteiger partial charge in [-0.2, -0.15) is 13.2 Å². The number of alkyl halides is 3. The Morgan fingerprint density at radius 3 is 2.20 bits per heavy atom. The number of hydrogen-bond acceptors (Lipinski definition) is 1. The summed E-state index contributed by atoms with van der Waals surface area (Å²) < 4.78 is 38.4. The number of rotatable bonds is 5. The van der Waals surface area contributed by atoms with Crippen molar-refractivity contribution in [3.63, 3.8) is 0 Å². The van der Waals surface area contributed by atoms with E-state index in [9.17, 15) is 13.2 Å². The van der Waals surface area contributed by atoms with Crippen LogP contribution in [0.1, 0.15) is 51.2 Å². The van der Waals surface area contributed by atoms with Crippen LogP contribution in [0.5, 0.6) is 0 Å². The minimum atomic E-state index is -4.17. The third-order valence-electron chi connectivity index (χ3n) is 3.08. The van der Waals surface area contributed by atoms with E-state index in [1.54, 1.807) is 6.07 Å². The summed E-state index contributed by atoms with van der Waals surface area (Å²) in [6, 6.07) is 7.38. The lowest BCUT2D eigenvalue weighted by molar-refractivity contribution is -0.175. The molecule has 0 spiro atoms. The SMILES string of the molecule is CC.CC(C)c1cccc(CC(CCN)C(F)(F)F)c1. The molecular weight excluding hydrogens is 263 g/mol. The van der Waals surface area contributed by atoms with Crippen LogP contribution in [0, 0.1) is 5.92 Å². The minimum Gasteiger partial charge on any atom is -0.330 e. The van der Waals surface area contributed by atoms with Gasteiger partial charge >= 0.3 is 6.18 Å². The molecule has 1 unspecified atom stereocenters. The number of halogens is 3. The zero-order valence-electron chi connectivity index (χ0n) is 12.8. The molecule has 1 nitrogen and oxygen atoms in total. The third kappa shape index (κ3) is 6.42. The van der Waals surface area contributed by atoms with Crippen molar-refractivity contribution < 1.29 is 13.2 Å². The molecule has 0 amide bonds. The highest BCUT2D eigenvalue weighted by Gasteiger charge is 2.38. The molecule has 0 heterocycles. The Hall–Kier alpha value is -1.03. The van der Waals surface area contributed by atoms with Gasteiger partial charge in [-0.05, 0) is 36.4 Å². The molecule has 0 aliphatic rings. The van der Waals surface area contributed by atoms with Crippen molar-refractivity contribution >= 4 is 0 Å². The molecule has 0 radical (unpaired) electrons. The van der Waals surface area contributed by atoms with Gasteiger partial charge in [-0.3, -0.25) is 0 Å². The van der Waals surface area contributed by atoms with Crippen molar-refractivity contribution in [3.05, 3.63) is 35.4 Å². The average Bonchev–Trinajstić information content (AvgIpc) is 2.40. The normalized spacial score (nSPS) is 12.8. The maximum atomic E-state index is 12.8. The van der Waals surface area contributed by atoms with Crippen molar-refractivity contribution in [1.82, 2.24) is 0 Å². The predicted molar refractivity (Wildman–Crippen MR) is 78.8 cm³/mol. The van der Waals surface area contributed by atoms with Gasteiger partial charge in [0.1, 0.15) is 0 Å². The van der Waals surface area contributed by atoms with Crippen LogP contribution >= 0.6 is 0 Å². The monoisotopic (exact) mass is 289 g/mol. The summed E-state index contributed by atoms with van der Waals surface area (Å²) in [6.45, 7) is 8.12. The second-order valence-electron chi connectivity index (χ2n) is 4.92. The average molecular weight is 289 g/mol. The van der Waals surface area contributed by atoms with E-state index in [1.165, 1.54) is 0 Å². The summed E-state index contributed by atoms with van der Waals surface area (Å²) in [6.07, 6.45) is -4.18. The lowest BCUT2D eigenvalue weighted by atomic mass is 9.93. The minimum absolute atomic E-state index is 0.0151. The molecule has 0 saturated heterocycles. The number of hydrogen-bond donors (Lipinski definition) is 1. The highest BCUT2D eigenvalue weighted by molar-refractivity contribution is 5.26. The van der Waals surface area contributed by atoms with Crippen LogP contribution in [0.25, 0.3) is 0 Å². The number of benzene rings is 1. The molecule has 1 rings (SSSR count). The van der Waals surface area contributed by atoms with Crippen LogP contribution in [-0.4, -0.2) is 12.7 Å². The second kappa shape index (κ2) is 9.01. The van der Waals surface area contributed by atoms with Gasteiger partial charge in [-0.25, -0.2) is 0 Å². The van der Waals surface area contributed by atoms with Gasteiger partial charge in [0.05, 0.1) is 5.92 Å². The van der Waals surface area contributed by atoms with Gasteiger partial charge in [-0.1, -0.05) is 52.0 Å². The van der Waals surface area contributed by atoms with Crippen molar-refractivity contribution in [3.8, 4) is 0 Å². The first kappa shape index (κ1) is 19.0. The first-order chi connectivity index (χ1) is 9.34. The molecule has 0 bridgehead atoms. The highest BCUT2D eigenvalue weighted by atomic mass is 19.4. The fourth-order valence-electron chi connectivity index (χ4n) is 1.95. The van der Waals surface area contributed by atoms with Crippen LogP contribution in [0.15, 0.2) is 24.3 Å². The maximum Gasteiger partial charge on any atom is 0.392 e. The molecule has 1 aromatic rings. The van der Waals surface area contributed by atoms with Gasteiger partial charge in [0.25, 0.3) is 0 Å². The zero-order chi connectivity index (χ0) is 15.8. The van der Waals surface area contributed by atoms with E-state index in [1.807, 2.05) is 45.9 Å². The molecule has 1 atom stereocenters. The Morgan fingerprint density at radius 1 is 1.15 bits per heavy atom. The predicted octanol–water partition coefficient (Wildman–Crippen LogP) is 4.91.